The lowest BCUT2D eigenvalue weighted by molar-refractivity contribution is 0.154. The van der Waals surface area contributed by atoms with Gasteiger partial charge in [-0.05, 0) is 31.0 Å². The molecule has 0 saturated heterocycles. The van der Waals surface area contributed by atoms with Gasteiger partial charge in [0.05, 0.1) is 18.6 Å². The Morgan fingerprint density at radius 1 is 1.32 bits per heavy atom. The second-order valence-corrected chi connectivity index (χ2v) is 6.31. The van der Waals surface area contributed by atoms with E-state index in [1.54, 1.807) is 12.5 Å². The van der Waals surface area contributed by atoms with Crippen LogP contribution in [0.1, 0.15) is 26.3 Å². The molecule has 0 atom stereocenters. The van der Waals surface area contributed by atoms with E-state index in [2.05, 4.69) is 36.1 Å². The third kappa shape index (κ3) is 4.60. The van der Waals surface area contributed by atoms with Gasteiger partial charge in [-0.1, -0.05) is 42.7 Å². The van der Waals surface area contributed by atoms with Crippen molar-refractivity contribution in [2.45, 2.75) is 33.7 Å². The van der Waals surface area contributed by atoms with Crippen LogP contribution >= 0.6 is 11.6 Å². The number of imidazole rings is 1. The predicted molar refractivity (Wildman–Crippen MR) is 90.2 cm³/mol. The lowest BCUT2D eigenvalue weighted by Gasteiger charge is -2.26. The van der Waals surface area contributed by atoms with E-state index < -0.39 is 0 Å². The summed E-state index contributed by atoms with van der Waals surface area (Å²) in [5, 5.41) is 5.10. The molecule has 0 aliphatic rings. The number of oxime groups is 1. The number of aromatic nitrogens is 2. The third-order valence-electron chi connectivity index (χ3n) is 3.54. The molecule has 2 rings (SSSR count). The Labute approximate surface area is 136 Å². The van der Waals surface area contributed by atoms with Gasteiger partial charge in [-0.2, -0.15) is 0 Å². The van der Waals surface area contributed by atoms with Crippen LogP contribution in [0.15, 0.2) is 48.1 Å². The molecule has 5 heteroatoms. The van der Waals surface area contributed by atoms with Crippen LogP contribution in [0.2, 0.25) is 5.02 Å². The van der Waals surface area contributed by atoms with Gasteiger partial charge in [0.1, 0.15) is 6.61 Å². The maximum absolute atomic E-state index is 5.95. The highest BCUT2D eigenvalue weighted by molar-refractivity contribution is 6.30. The van der Waals surface area contributed by atoms with Gasteiger partial charge in [0.25, 0.3) is 0 Å². The SMILES string of the molecule is CCON=C(Cn1ccnc1)C(C)(C)Cc1ccc(Cl)cc1. The van der Waals surface area contributed by atoms with Crippen molar-refractivity contribution >= 4 is 17.3 Å². The quantitative estimate of drug-likeness (QED) is 0.567. The van der Waals surface area contributed by atoms with Crippen LogP contribution in [0, 0.1) is 5.41 Å². The molecule has 0 amide bonds. The zero-order valence-corrected chi connectivity index (χ0v) is 14.0. The lowest BCUT2D eigenvalue weighted by Crippen LogP contribution is -2.30. The summed E-state index contributed by atoms with van der Waals surface area (Å²) in [6.07, 6.45) is 6.36. The summed E-state index contributed by atoms with van der Waals surface area (Å²) in [6.45, 7) is 7.52. The summed E-state index contributed by atoms with van der Waals surface area (Å²) in [4.78, 5) is 9.40. The topological polar surface area (TPSA) is 39.4 Å². The monoisotopic (exact) mass is 319 g/mol. The molecule has 0 N–H and O–H groups in total. The summed E-state index contributed by atoms with van der Waals surface area (Å²) in [5.41, 5.74) is 2.08. The predicted octanol–water partition coefficient (Wildman–Crippen LogP) is 4.20. The minimum Gasteiger partial charge on any atom is -0.396 e. The van der Waals surface area contributed by atoms with Gasteiger partial charge in [-0.3, -0.25) is 0 Å². The van der Waals surface area contributed by atoms with E-state index in [1.807, 2.05) is 29.8 Å². The molecule has 0 aliphatic heterocycles. The summed E-state index contributed by atoms with van der Waals surface area (Å²) in [6, 6.07) is 7.95. The van der Waals surface area contributed by atoms with Crippen LogP contribution in [0.3, 0.4) is 0 Å². The van der Waals surface area contributed by atoms with Crippen LogP contribution in [0.5, 0.6) is 0 Å². The Bertz CT molecular complexity index is 603. The number of hydrogen-bond donors (Lipinski definition) is 0. The first kappa shape index (κ1) is 16.6. The van der Waals surface area contributed by atoms with E-state index in [-0.39, 0.29) is 5.41 Å². The van der Waals surface area contributed by atoms with Gasteiger partial charge in [0.2, 0.25) is 0 Å². The molecule has 0 aliphatic carbocycles. The zero-order valence-electron chi connectivity index (χ0n) is 13.3. The number of rotatable bonds is 7. The van der Waals surface area contributed by atoms with Gasteiger partial charge in [-0.15, -0.1) is 0 Å². The minimum atomic E-state index is -0.132. The van der Waals surface area contributed by atoms with Crippen molar-refractivity contribution in [2.24, 2.45) is 10.6 Å². The average molecular weight is 320 g/mol. The standard InChI is InChI=1S/C17H22ClN3O/c1-4-22-20-16(12-21-10-9-19-13-21)17(2,3)11-14-5-7-15(18)8-6-14/h5-10,13H,4,11-12H2,1-3H3. The van der Waals surface area contributed by atoms with Crippen LogP contribution < -0.4 is 0 Å². The number of hydrogen-bond acceptors (Lipinski definition) is 3. The molecule has 0 fully saturated rings. The first-order valence-electron chi connectivity index (χ1n) is 7.41. The van der Waals surface area contributed by atoms with E-state index in [0.29, 0.717) is 13.2 Å². The molecule has 0 spiro atoms. The Morgan fingerprint density at radius 3 is 2.64 bits per heavy atom. The molecule has 4 nitrogen and oxygen atoms in total. The van der Waals surface area contributed by atoms with Gasteiger partial charge < -0.3 is 9.40 Å². The molecule has 0 unspecified atom stereocenters. The van der Waals surface area contributed by atoms with Crippen molar-refractivity contribution in [2.75, 3.05) is 6.61 Å². The van der Waals surface area contributed by atoms with Crippen LogP contribution in [0.25, 0.3) is 0 Å². The molecule has 0 bridgehead atoms. The maximum atomic E-state index is 5.95. The highest BCUT2D eigenvalue weighted by Crippen LogP contribution is 2.26. The Kier molecular flexibility index (Phi) is 5.61. The summed E-state index contributed by atoms with van der Waals surface area (Å²) in [7, 11) is 0. The Morgan fingerprint density at radius 2 is 2.05 bits per heavy atom. The van der Waals surface area contributed by atoms with Crippen LogP contribution in [0.4, 0.5) is 0 Å². The highest BCUT2D eigenvalue weighted by atomic mass is 35.5. The maximum Gasteiger partial charge on any atom is 0.114 e. The molecule has 0 saturated carbocycles. The molecular weight excluding hydrogens is 298 g/mol. The molecule has 118 valence electrons. The van der Waals surface area contributed by atoms with E-state index in [0.717, 1.165) is 17.2 Å². The van der Waals surface area contributed by atoms with E-state index in [4.69, 9.17) is 16.4 Å². The first-order chi connectivity index (χ1) is 10.5. The Balaban J connectivity index is 2.18. The molecule has 0 radical (unpaired) electrons. The summed E-state index contributed by atoms with van der Waals surface area (Å²) in [5.74, 6) is 0. The smallest absolute Gasteiger partial charge is 0.114 e. The molecule has 1 aromatic carbocycles. The van der Waals surface area contributed by atoms with Gasteiger partial charge in [0, 0.05) is 22.8 Å². The minimum absolute atomic E-state index is 0.132. The van der Waals surface area contributed by atoms with Crippen molar-refractivity contribution in [1.82, 2.24) is 9.55 Å². The van der Waals surface area contributed by atoms with E-state index in [9.17, 15) is 0 Å². The Hall–Kier alpha value is -1.81. The lowest BCUT2D eigenvalue weighted by atomic mass is 9.81. The molecule has 1 heterocycles. The summed E-state index contributed by atoms with van der Waals surface area (Å²) >= 11 is 5.95. The molecular formula is C17H22ClN3O. The van der Waals surface area contributed by atoms with Crippen molar-refractivity contribution in [3.63, 3.8) is 0 Å². The fourth-order valence-corrected chi connectivity index (χ4v) is 2.40. The van der Waals surface area contributed by atoms with Crippen LogP contribution in [-0.2, 0) is 17.8 Å². The van der Waals surface area contributed by atoms with Gasteiger partial charge in [-0.25, -0.2) is 4.98 Å². The first-order valence-corrected chi connectivity index (χ1v) is 7.78. The normalized spacial score (nSPS) is 12.5. The van der Waals surface area contributed by atoms with Crippen molar-refractivity contribution in [1.29, 1.82) is 0 Å². The summed E-state index contributed by atoms with van der Waals surface area (Å²) < 4.78 is 2.00. The second kappa shape index (κ2) is 7.45. The molecule has 22 heavy (non-hydrogen) atoms. The largest absolute Gasteiger partial charge is 0.396 e. The number of halogens is 1. The second-order valence-electron chi connectivity index (χ2n) is 5.88. The van der Waals surface area contributed by atoms with Crippen LogP contribution in [-0.4, -0.2) is 21.9 Å². The van der Waals surface area contributed by atoms with Crippen molar-refractivity contribution < 1.29 is 4.84 Å². The molecule has 2 aromatic rings. The highest BCUT2D eigenvalue weighted by Gasteiger charge is 2.26. The van der Waals surface area contributed by atoms with E-state index in [1.165, 1.54) is 5.56 Å². The number of benzene rings is 1. The van der Waals surface area contributed by atoms with Gasteiger partial charge in [0.15, 0.2) is 0 Å². The number of nitrogens with zero attached hydrogens (tertiary/aromatic N) is 3. The fourth-order valence-electron chi connectivity index (χ4n) is 2.28. The zero-order chi connectivity index (χ0) is 16.0. The van der Waals surface area contributed by atoms with E-state index >= 15 is 0 Å². The molecule has 1 aromatic heterocycles. The fraction of sp³-hybridized carbons (Fsp3) is 0.412. The van der Waals surface area contributed by atoms with Crippen molar-refractivity contribution in [3.05, 3.63) is 53.6 Å². The van der Waals surface area contributed by atoms with Gasteiger partial charge >= 0.3 is 0 Å². The third-order valence-corrected chi connectivity index (χ3v) is 3.79. The average Bonchev–Trinajstić information content (AvgIpc) is 2.98. The van der Waals surface area contributed by atoms with Crippen molar-refractivity contribution in [3.8, 4) is 0 Å².